The van der Waals surface area contributed by atoms with Crippen molar-refractivity contribution in [2.24, 2.45) is 0 Å². The van der Waals surface area contributed by atoms with Gasteiger partial charge in [0.1, 0.15) is 5.75 Å². The van der Waals surface area contributed by atoms with Crippen molar-refractivity contribution in [1.82, 2.24) is 9.62 Å². The Bertz CT molecular complexity index is 642. The normalized spacial score (nSPS) is 10.8. The zero-order valence-electron chi connectivity index (χ0n) is 11.0. The average molecular weight is 321 g/mol. The van der Waals surface area contributed by atoms with Gasteiger partial charge in [0.15, 0.2) is 0 Å². The molecule has 0 spiro atoms. The van der Waals surface area contributed by atoms with Crippen molar-refractivity contribution in [3.8, 4) is 5.75 Å². The van der Waals surface area contributed by atoms with E-state index >= 15 is 0 Å². The molecule has 0 aliphatic rings. The van der Waals surface area contributed by atoms with Gasteiger partial charge in [-0.3, -0.25) is 4.79 Å². The predicted molar refractivity (Wildman–Crippen MR) is 72.6 cm³/mol. The Kier molecular flexibility index (Phi) is 4.96. The van der Waals surface area contributed by atoms with Gasteiger partial charge in [0, 0.05) is 20.2 Å². The van der Waals surface area contributed by atoms with Gasteiger partial charge in [-0.05, 0) is 23.7 Å². The summed E-state index contributed by atoms with van der Waals surface area (Å²) >= 11 is 5.33. The molecule has 110 valence electrons. The van der Waals surface area contributed by atoms with Crippen molar-refractivity contribution >= 4 is 32.9 Å². The van der Waals surface area contributed by atoms with E-state index in [0.717, 1.165) is 17.0 Å². The first-order valence-corrected chi connectivity index (χ1v) is 7.17. The predicted octanol–water partition coefficient (Wildman–Crippen LogP) is 1.03. The maximum Gasteiger partial charge on any atom is 0.330 e. The summed E-state index contributed by atoms with van der Waals surface area (Å²) in [7, 11) is 0.0231. The summed E-state index contributed by atoms with van der Waals surface area (Å²) in [5, 5.41) is -0.775. The number of sulfonamides is 1. The summed E-state index contributed by atoms with van der Waals surface area (Å²) in [6, 6.07) is 2.69. The van der Waals surface area contributed by atoms with Crippen molar-refractivity contribution in [1.29, 1.82) is 0 Å². The number of urea groups is 1. The van der Waals surface area contributed by atoms with Gasteiger partial charge in [-0.1, -0.05) is 0 Å². The van der Waals surface area contributed by atoms with E-state index in [1.807, 2.05) is 4.72 Å². The minimum atomic E-state index is -4.06. The van der Waals surface area contributed by atoms with E-state index in [9.17, 15) is 18.0 Å². The molecule has 0 radical (unpaired) electrons. The Hall–Kier alpha value is -1.80. The maximum absolute atomic E-state index is 12.0. The van der Waals surface area contributed by atoms with E-state index in [4.69, 9.17) is 16.3 Å². The molecule has 20 heavy (non-hydrogen) atoms. The standard InChI is InChI=1S/C11H13ClN2O5S/c1-14(2)11(16)13-20(17,18)7-4-5-8(10(12)15)9(6-7)19-3/h4-6H,1-3H3,(H,13,16). The molecule has 0 aromatic heterocycles. The second-order valence-corrected chi connectivity index (χ2v) is 5.97. The Morgan fingerprint density at radius 2 is 1.90 bits per heavy atom. The van der Waals surface area contributed by atoms with E-state index in [2.05, 4.69) is 0 Å². The van der Waals surface area contributed by atoms with Gasteiger partial charge in [-0.15, -0.1) is 0 Å². The summed E-state index contributed by atoms with van der Waals surface area (Å²) in [6.45, 7) is 0. The van der Waals surface area contributed by atoms with Gasteiger partial charge in [-0.2, -0.15) is 0 Å². The van der Waals surface area contributed by atoms with E-state index in [1.54, 1.807) is 0 Å². The molecule has 0 unspecified atom stereocenters. The highest BCUT2D eigenvalue weighted by Gasteiger charge is 2.21. The van der Waals surface area contributed by atoms with Crippen molar-refractivity contribution in [2.75, 3.05) is 21.2 Å². The van der Waals surface area contributed by atoms with Crippen LogP contribution in [-0.2, 0) is 10.0 Å². The molecule has 0 aliphatic carbocycles. The van der Waals surface area contributed by atoms with E-state index < -0.39 is 21.3 Å². The zero-order valence-corrected chi connectivity index (χ0v) is 12.6. The molecule has 1 rings (SSSR count). The van der Waals surface area contributed by atoms with Crippen LogP contribution in [0.25, 0.3) is 0 Å². The number of ether oxygens (including phenoxy) is 1. The van der Waals surface area contributed by atoms with Crippen LogP contribution in [-0.4, -0.2) is 45.8 Å². The Labute approximate surface area is 121 Å². The second-order valence-electron chi connectivity index (χ2n) is 3.94. The summed E-state index contributed by atoms with van der Waals surface area (Å²) in [4.78, 5) is 23.4. The number of methoxy groups -OCH3 is 1. The number of benzene rings is 1. The highest BCUT2D eigenvalue weighted by Crippen LogP contribution is 2.24. The molecule has 1 N–H and O–H groups in total. The molecular formula is C11H13ClN2O5S. The molecule has 1 aromatic rings. The smallest absolute Gasteiger partial charge is 0.330 e. The van der Waals surface area contributed by atoms with E-state index in [-0.39, 0.29) is 16.2 Å². The first-order chi connectivity index (χ1) is 9.19. The van der Waals surface area contributed by atoms with Crippen LogP contribution in [0.3, 0.4) is 0 Å². The number of rotatable bonds is 4. The number of hydrogen-bond acceptors (Lipinski definition) is 5. The topological polar surface area (TPSA) is 92.8 Å². The zero-order chi connectivity index (χ0) is 15.5. The fraction of sp³-hybridized carbons (Fsp3) is 0.273. The number of amides is 2. The molecule has 9 heteroatoms. The Morgan fingerprint density at radius 3 is 2.35 bits per heavy atom. The molecule has 0 saturated carbocycles. The number of halogens is 1. The van der Waals surface area contributed by atoms with Gasteiger partial charge < -0.3 is 9.64 Å². The first-order valence-electron chi connectivity index (χ1n) is 5.31. The first kappa shape index (κ1) is 16.3. The van der Waals surface area contributed by atoms with Crippen LogP contribution in [0.5, 0.6) is 5.75 Å². The highest BCUT2D eigenvalue weighted by atomic mass is 35.5. The molecule has 0 fully saturated rings. The number of nitrogens with one attached hydrogen (secondary N) is 1. The SMILES string of the molecule is COc1cc(S(=O)(=O)NC(=O)N(C)C)ccc1C(=O)Cl. The third kappa shape index (κ3) is 3.61. The maximum atomic E-state index is 12.0. The molecule has 0 saturated heterocycles. The van der Waals surface area contributed by atoms with Crippen molar-refractivity contribution in [3.63, 3.8) is 0 Å². The molecular weight excluding hydrogens is 308 g/mol. The number of nitrogens with zero attached hydrogens (tertiary/aromatic N) is 1. The lowest BCUT2D eigenvalue weighted by Gasteiger charge is -2.13. The minimum Gasteiger partial charge on any atom is -0.496 e. The van der Waals surface area contributed by atoms with Crippen molar-refractivity contribution < 1.29 is 22.7 Å². The third-order valence-electron chi connectivity index (χ3n) is 2.32. The quantitative estimate of drug-likeness (QED) is 0.837. The van der Waals surface area contributed by atoms with E-state index in [0.29, 0.717) is 0 Å². The molecule has 0 bridgehead atoms. The third-order valence-corrected chi connectivity index (χ3v) is 3.84. The molecule has 1 aromatic carbocycles. The van der Waals surface area contributed by atoms with Crippen LogP contribution >= 0.6 is 11.6 Å². The Morgan fingerprint density at radius 1 is 1.30 bits per heavy atom. The lowest BCUT2D eigenvalue weighted by atomic mass is 10.2. The number of carbonyl (C=O) groups excluding carboxylic acids is 2. The van der Waals surface area contributed by atoms with Crippen LogP contribution in [0.15, 0.2) is 23.1 Å². The highest BCUT2D eigenvalue weighted by molar-refractivity contribution is 7.90. The molecule has 7 nitrogen and oxygen atoms in total. The summed E-state index contributed by atoms with van der Waals surface area (Å²) < 4.78 is 30.7. The largest absolute Gasteiger partial charge is 0.496 e. The van der Waals surface area contributed by atoms with Crippen molar-refractivity contribution in [2.45, 2.75) is 4.90 Å². The molecule has 0 atom stereocenters. The molecule has 0 heterocycles. The van der Waals surface area contributed by atoms with Crippen LogP contribution in [0.4, 0.5) is 4.79 Å². The fourth-order valence-electron chi connectivity index (χ4n) is 1.27. The van der Waals surface area contributed by atoms with Crippen LogP contribution in [0.1, 0.15) is 10.4 Å². The average Bonchev–Trinajstić information content (AvgIpc) is 2.37. The fourth-order valence-corrected chi connectivity index (χ4v) is 2.46. The van der Waals surface area contributed by atoms with Crippen molar-refractivity contribution in [3.05, 3.63) is 23.8 Å². The number of carbonyl (C=O) groups is 2. The van der Waals surface area contributed by atoms with Gasteiger partial charge in [0.2, 0.25) is 0 Å². The van der Waals surface area contributed by atoms with Gasteiger partial charge in [0.25, 0.3) is 15.3 Å². The molecule has 0 aliphatic heterocycles. The van der Waals surface area contributed by atoms with Crippen LogP contribution in [0, 0.1) is 0 Å². The summed E-state index contributed by atoms with van der Waals surface area (Å²) in [5.41, 5.74) is 0.0343. The van der Waals surface area contributed by atoms with Gasteiger partial charge in [-0.25, -0.2) is 17.9 Å². The van der Waals surface area contributed by atoms with Gasteiger partial charge in [0.05, 0.1) is 17.6 Å². The number of hydrogen-bond donors (Lipinski definition) is 1. The monoisotopic (exact) mass is 320 g/mol. The van der Waals surface area contributed by atoms with Crippen LogP contribution in [0.2, 0.25) is 0 Å². The lowest BCUT2D eigenvalue weighted by molar-refractivity contribution is 0.107. The second kappa shape index (κ2) is 6.10. The lowest BCUT2D eigenvalue weighted by Crippen LogP contribution is -2.38. The molecule has 2 amide bonds. The summed E-state index contributed by atoms with van der Waals surface area (Å²) in [5.74, 6) is 0.00479. The van der Waals surface area contributed by atoms with Gasteiger partial charge >= 0.3 is 6.03 Å². The Balaban J connectivity index is 3.20. The summed E-state index contributed by atoms with van der Waals surface area (Å²) in [6.07, 6.45) is 0. The van der Waals surface area contributed by atoms with E-state index in [1.165, 1.54) is 27.3 Å². The minimum absolute atomic E-state index is 0.00479. The van der Waals surface area contributed by atoms with Crippen LogP contribution < -0.4 is 9.46 Å².